The summed E-state index contributed by atoms with van der Waals surface area (Å²) in [5, 5.41) is 0.732. The summed E-state index contributed by atoms with van der Waals surface area (Å²) in [6, 6.07) is 7.59. The van der Waals surface area contributed by atoms with Crippen molar-refractivity contribution in [3.63, 3.8) is 0 Å². The van der Waals surface area contributed by atoms with E-state index in [1.165, 1.54) is 0 Å². The first-order chi connectivity index (χ1) is 8.09. The summed E-state index contributed by atoms with van der Waals surface area (Å²) in [6.45, 7) is 6.93. The van der Waals surface area contributed by atoms with Gasteiger partial charge in [0.1, 0.15) is 0 Å². The molecule has 1 unspecified atom stereocenters. The second-order valence-electron chi connectivity index (χ2n) is 4.23. The molecule has 1 aromatic rings. The molecule has 0 amide bonds. The minimum atomic E-state index is -0.275. The molecule has 0 aromatic heterocycles. The van der Waals surface area contributed by atoms with Gasteiger partial charge in [0.15, 0.2) is 0 Å². The van der Waals surface area contributed by atoms with E-state index in [-0.39, 0.29) is 11.6 Å². The average Bonchev–Trinajstić information content (AvgIpc) is 2.36. The van der Waals surface area contributed by atoms with Gasteiger partial charge in [-0.15, -0.1) is 0 Å². The first kappa shape index (κ1) is 14.5. The van der Waals surface area contributed by atoms with Crippen LogP contribution in [-0.2, 0) is 4.74 Å². The Bertz CT molecular complexity index is 333. The van der Waals surface area contributed by atoms with Crippen molar-refractivity contribution in [2.24, 2.45) is 5.73 Å². The molecule has 96 valence electrons. The lowest BCUT2D eigenvalue weighted by molar-refractivity contribution is -0.0645. The number of hydrogen-bond acceptors (Lipinski definition) is 2. The summed E-state index contributed by atoms with van der Waals surface area (Å²) in [4.78, 5) is 0. The first-order valence-electron chi connectivity index (χ1n) is 6.24. The molecule has 0 saturated carbocycles. The van der Waals surface area contributed by atoms with E-state index in [2.05, 4.69) is 13.8 Å². The zero-order valence-electron chi connectivity index (χ0n) is 10.9. The highest BCUT2D eigenvalue weighted by Crippen LogP contribution is 2.33. The molecule has 1 atom stereocenters. The van der Waals surface area contributed by atoms with Crippen molar-refractivity contribution < 1.29 is 4.74 Å². The fourth-order valence-electron chi connectivity index (χ4n) is 2.25. The van der Waals surface area contributed by atoms with Gasteiger partial charge < -0.3 is 10.5 Å². The Morgan fingerprint density at radius 1 is 1.18 bits per heavy atom. The van der Waals surface area contributed by atoms with Crippen LogP contribution in [0, 0.1) is 0 Å². The topological polar surface area (TPSA) is 35.2 Å². The third kappa shape index (κ3) is 3.21. The van der Waals surface area contributed by atoms with Gasteiger partial charge in [0, 0.05) is 11.6 Å². The summed E-state index contributed by atoms with van der Waals surface area (Å²) in [5.41, 5.74) is 7.16. The van der Waals surface area contributed by atoms with Gasteiger partial charge >= 0.3 is 0 Å². The maximum Gasteiger partial charge on any atom is 0.0868 e. The summed E-state index contributed by atoms with van der Waals surface area (Å²) < 4.78 is 5.92. The number of rotatable bonds is 6. The average molecular weight is 256 g/mol. The van der Waals surface area contributed by atoms with Crippen LogP contribution >= 0.6 is 11.6 Å². The fraction of sp³-hybridized carbons (Fsp3) is 0.571. The fourth-order valence-corrected chi connectivity index (χ4v) is 2.37. The highest BCUT2D eigenvalue weighted by molar-refractivity contribution is 6.30. The quantitative estimate of drug-likeness (QED) is 0.836. The Hall–Kier alpha value is -0.570. The van der Waals surface area contributed by atoms with Crippen LogP contribution < -0.4 is 5.73 Å². The minimum Gasteiger partial charge on any atom is -0.373 e. The molecule has 17 heavy (non-hydrogen) atoms. The monoisotopic (exact) mass is 255 g/mol. The molecule has 0 aliphatic heterocycles. The first-order valence-corrected chi connectivity index (χ1v) is 6.62. The van der Waals surface area contributed by atoms with Crippen LogP contribution in [0.25, 0.3) is 0 Å². The Kier molecular flexibility index (Phi) is 5.44. The second kappa shape index (κ2) is 6.39. The van der Waals surface area contributed by atoms with Crippen LogP contribution in [0.2, 0.25) is 5.02 Å². The maximum absolute atomic E-state index is 6.36. The molecule has 1 aromatic carbocycles. The molecule has 0 saturated heterocycles. The van der Waals surface area contributed by atoms with E-state index in [0.29, 0.717) is 6.61 Å². The van der Waals surface area contributed by atoms with E-state index < -0.39 is 0 Å². The molecule has 0 radical (unpaired) electrons. The number of hydrogen-bond donors (Lipinski definition) is 1. The van der Waals surface area contributed by atoms with Gasteiger partial charge in [-0.05, 0) is 37.5 Å². The lowest BCUT2D eigenvalue weighted by Gasteiger charge is -2.37. The van der Waals surface area contributed by atoms with E-state index in [1.807, 2.05) is 31.2 Å². The van der Waals surface area contributed by atoms with Crippen LogP contribution in [-0.4, -0.2) is 12.2 Å². The minimum absolute atomic E-state index is 0.116. The largest absolute Gasteiger partial charge is 0.373 e. The molecular weight excluding hydrogens is 234 g/mol. The highest BCUT2D eigenvalue weighted by atomic mass is 35.5. The standard InChI is InChI=1S/C14H22ClNO/c1-4-14(5-2,17-6-3)13(16)11-7-9-12(15)10-8-11/h7-10,13H,4-6,16H2,1-3H3. The van der Waals surface area contributed by atoms with E-state index >= 15 is 0 Å². The predicted octanol–water partition coefficient (Wildman–Crippen LogP) is 3.94. The van der Waals surface area contributed by atoms with Crippen LogP contribution in [0.1, 0.15) is 45.2 Å². The van der Waals surface area contributed by atoms with Crippen molar-refractivity contribution in [2.45, 2.75) is 45.3 Å². The predicted molar refractivity (Wildman–Crippen MR) is 73.3 cm³/mol. The molecule has 0 spiro atoms. The van der Waals surface area contributed by atoms with Crippen molar-refractivity contribution in [2.75, 3.05) is 6.61 Å². The van der Waals surface area contributed by atoms with E-state index in [9.17, 15) is 0 Å². The summed E-state index contributed by atoms with van der Waals surface area (Å²) in [5.74, 6) is 0. The van der Waals surface area contributed by atoms with Crippen molar-refractivity contribution in [3.05, 3.63) is 34.9 Å². The van der Waals surface area contributed by atoms with Crippen LogP contribution in [0.15, 0.2) is 24.3 Å². The summed E-state index contributed by atoms with van der Waals surface area (Å²) in [7, 11) is 0. The van der Waals surface area contributed by atoms with Gasteiger partial charge in [-0.25, -0.2) is 0 Å². The Balaban J connectivity index is 2.98. The zero-order valence-corrected chi connectivity index (χ0v) is 11.6. The maximum atomic E-state index is 6.36. The molecule has 2 nitrogen and oxygen atoms in total. The molecular formula is C14H22ClNO. The lowest BCUT2D eigenvalue weighted by atomic mass is 9.84. The summed E-state index contributed by atoms with van der Waals surface area (Å²) >= 11 is 5.89. The van der Waals surface area contributed by atoms with Crippen molar-refractivity contribution in [3.8, 4) is 0 Å². The van der Waals surface area contributed by atoms with Gasteiger partial charge in [0.2, 0.25) is 0 Å². The van der Waals surface area contributed by atoms with E-state index in [0.717, 1.165) is 23.4 Å². The second-order valence-corrected chi connectivity index (χ2v) is 4.67. The number of benzene rings is 1. The number of ether oxygens (including phenoxy) is 1. The Morgan fingerprint density at radius 2 is 1.71 bits per heavy atom. The smallest absolute Gasteiger partial charge is 0.0868 e. The third-order valence-electron chi connectivity index (χ3n) is 3.42. The number of halogens is 1. The normalized spacial score (nSPS) is 13.7. The van der Waals surface area contributed by atoms with Gasteiger partial charge in [0.25, 0.3) is 0 Å². The molecule has 0 fully saturated rings. The molecule has 0 aliphatic carbocycles. The SMILES string of the molecule is CCOC(CC)(CC)C(N)c1ccc(Cl)cc1. The van der Waals surface area contributed by atoms with Crippen LogP contribution in [0.3, 0.4) is 0 Å². The third-order valence-corrected chi connectivity index (χ3v) is 3.68. The van der Waals surface area contributed by atoms with Gasteiger partial charge in [-0.1, -0.05) is 37.6 Å². The molecule has 3 heteroatoms. The Morgan fingerprint density at radius 3 is 2.12 bits per heavy atom. The van der Waals surface area contributed by atoms with E-state index in [4.69, 9.17) is 22.1 Å². The molecule has 0 heterocycles. The van der Waals surface area contributed by atoms with Gasteiger partial charge in [0.05, 0.1) is 11.6 Å². The number of nitrogens with two attached hydrogens (primary N) is 1. The molecule has 2 N–H and O–H groups in total. The zero-order chi connectivity index (χ0) is 12.9. The lowest BCUT2D eigenvalue weighted by Crippen LogP contribution is -2.43. The van der Waals surface area contributed by atoms with Crippen LogP contribution in [0.5, 0.6) is 0 Å². The van der Waals surface area contributed by atoms with E-state index in [1.54, 1.807) is 0 Å². The van der Waals surface area contributed by atoms with Crippen molar-refractivity contribution in [1.82, 2.24) is 0 Å². The van der Waals surface area contributed by atoms with Crippen molar-refractivity contribution in [1.29, 1.82) is 0 Å². The van der Waals surface area contributed by atoms with Gasteiger partial charge in [-0.3, -0.25) is 0 Å². The van der Waals surface area contributed by atoms with Gasteiger partial charge in [-0.2, -0.15) is 0 Å². The highest BCUT2D eigenvalue weighted by Gasteiger charge is 2.34. The summed E-state index contributed by atoms with van der Waals surface area (Å²) in [6.07, 6.45) is 1.81. The van der Waals surface area contributed by atoms with Crippen molar-refractivity contribution >= 4 is 11.6 Å². The molecule has 0 bridgehead atoms. The van der Waals surface area contributed by atoms with Crippen LogP contribution in [0.4, 0.5) is 0 Å². The molecule has 0 aliphatic rings. The Labute approximate surface area is 109 Å². The molecule has 1 rings (SSSR count).